The first-order chi connectivity index (χ1) is 11.9. The molecule has 0 heteroatoms. The lowest BCUT2D eigenvalue weighted by atomic mass is 9.98. The Morgan fingerprint density at radius 2 is 0.958 bits per heavy atom. The maximum Gasteiger partial charge on any atom is -0.00254 e. The van der Waals surface area contributed by atoms with Crippen molar-refractivity contribution < 1.29 is 0 Å². The third-order valence-corrected chi connectivity index (χ3v) is 4.46. The van der Waals surface area contributed by atoms with E-state index in [0.29, 0.717) is 0 Å². The van der Waals surface area contributed by atoms with Gasteiger partial charge in [0.2, 0.25) is 0 Å². The van der Waals surface area contributed by atoms with E-state index in [9.17, 15) is 0 Å². The molecule has 0 heterocycles. The molecule has 0 unspecified atom stereocenters. The summed E-state index contributed by atoms with van der Waals surface area (Å²) in [5.74, 6) is 0. The van der Waals surface area contributed by atoms with Gasteiger partial charge in [0.05, 0.1) is 0 Å². The Morgan fingerprint density at radius 3 is 1.75 bits per heavy atom. The Bertz CT molecular complexity index is 951. The highest BCUT2D eigenvalue weighted by atomic mass is 14.1. The molecule has 0 nitrogen and oxygen atoms in total. The molecule has 0 aliphatic rings. The molecule has 4 rings (SSSR count). The minimum atomic E-state index is 0.980. The first-order valence-electron chi connectivity index (χ1n) is 8.46. The second-order valence-corrected chi connectivity index (χ2v) is 6.34. The molecule has 0 fully saturated rings. The van der Waals surface area contributed by atoms with Crippen molar-refractivity contribution in [1.82, 2.24) is 0 Å². The summed E-state index contributed by atoms with van der Waals surface area (Å²) in [5.41, 5.74) is 5.48. The summed E-state index contributed by atoms with van der Waals surface area (Å²) in [6.07, 6.45) is 1.97. The molecule has 0 amide bonds. The lowest BCUT2D eigenvalue weighted by Crippen LogP contribution is -1.92. The third kappa shape index (κ3) is 3.38. The normalized spacial score (nSPS) is 10.8. The number of fused-ring (bicyclic) bond motifs is 1. The number of rotatable bonds is 4. The fraction of sp³-hybridized carbons (Fsp3) is 0.0833. The fourth-order valence-electron chi connectivity index (χ4n) is 3.27. The largest absolute Gasteiger partial charge is 0.0622 e. The molecule has 4 aromatic rings. The summed E-state index contributed by atoms with van der Waals surface area (Å²) in [6, 6.07) is 34.9. The average molecular weight is 308 g/mol. The van der Waals surface area contributed by atoms with Gasteiger partial charge in [-0.3, -0.25) is 0 Å². The van der Waals surface area contributed by atoms with Crippen molar-refractivity contribution in [2.24, 2.45) is 0 Å². The molecule has 0 saturated carbocycles. The molecule has 0 bridgehead atoms. The van der Waals surface area contributed by atoms with Gasteiger partial charge in [-0.15, -0.1) is 0 Å². The average Bonchev–Trinajstić information content (AvgIpc) is 2.63. The minimum absolute atomic E-state index is 0.980. The van der Waals surface area contributed by atoms with Gasteiger partial charge in [0.1, 0.15) is 0 Å². The molecular formula is C24H20. The van der Waals surface area contributed by atoms with Crippen LogP contribution >= 0.6 is 0 Å². The predicted octanol–water partition coefficient (Wildman–Crippen LogP) is 6.02. The quantitative estimate of drug-likeness (QED) is 0.432. The number of hydrogen-bond donors (Lipinski definition) is 0. The summed E-state index contributed by atoms with van der Waals surface area (Å²) < 4.78 is 0. The second kappa shape index (κ2) is 6.72. The molecule has 0 spiro atoms. The SMILES string of the molecule is c1ccc(Cc2cccc(Cc3ccc4ccccc4c3)c2)cc1. The van der Waals surface area contributed by atoms with E-state index in [-0.39, 0.29) is 0 Å². The van der Waals surface area contributed by atoms with Gasteiger partial charge in [0.15, 0.2) is 0 Å². The molecule has 0 N–H and O–H groups in total. The van der Waals surface area contributed by atoms with Gasteiger partial charge < -0.3 is 0 Å². The Kier molecular flexibility index (Phi) is 4.12. The van der Waals surface area contributed by atoms with Crippen molar-refractivity contribution in [2.45, 2.75) is 12.8 Å². The molecule has 0 saturated heterocycles. The van der Waals surface area contributed by atoms with E-state index in [1.807, 2.05) is 0 Å². The Labute approximate surface area is 143 Å². The van der Waals surface area contributed by atoms with Crippen LogP contribution in [-0.2, 0) is 12.8 Å². The van der Waals surface area contributed by atoms with Gasteiger partial charge in [-0.1, -0.05) is 97.1 Å². The van der Waals surface area contributed by atoms with E-state index in [1.165, 1.54) is 33.0 Å². The molecule has 0 atom stereocenters. The van der Waals surface area contributed by atoms with Gasteiger partial charge in [-0.05, 0) is 45.9 Å². The van der Waals surface area contributed by atoms with Gasteiger partial charge in [-0.25, -0.2) is 0 Å². The van der Waals surface area contributed by atoms with Crippen LogP contribution in [0.15, 0.2) is 97.1 Å². The molecule has 4 aromatic carbocycles. The highest BCUT2D eigenvalue weighted by Gasteiger charge is 2.01. The predicted molar refractivity (Wildman–Crippen MR) is 102 cm³/mol. The van der Waals surface area contributed by atoms with Crippen molar-refractivity contribution in [3.63, 3.8) is 0 Å². The maximum absolute atomic E-state index is 2.34. The number of hydrogen-bond acceptors (Lipinski definition) is 0. The lowest BCUT2D eigenvalue weighted by Gasteiger charge is -2.07. The van der Waals surface area contributed by atoms with Crippen molar-refractivity contribution >= 4 is 10.8 Å². The molecule has 0 aliphatic carbocycles. The zero-order chi connectivity index (χ0) is 16.2. The minimum Gasteiger partial charge on any atom is -0.0622 e. The first-order valence-corrected chi connectivity index (χ1v) is 8.46. The van der Waals surface area contributed by atoms with Crippen molar-refractivity contribution in [3.05, 3.63) is 119 Å². The second-order valence-electron chi connectivity index (χ2n) is 6.34. The fourth-order valence-corrected chi connectivity index (χ4v) is 3.27. The standard InChI is InChI=1S/C24H20/c1-2-7-19(8-3-1)15-20-9-6-10-21(16-20)17-22-13-14-23-11-4-5-12-24(23)18-22/h1-14,16,18H,15,17H2. The Morgan fingerprint density at radius 1 is 0.375 bits per heavy atom. The Hall–Kier alpha value is -2.86. The number of benzene rings is 4. The lowest BCUT2D eigenvalue weighted by molar-refractivity contribution is 1.14. The van der Waals surface area contributed by atoms with Crippen LogP contribution < -0.4 is 0 Å². The summed E-state index contributed by atoms with van der Waals surface area (Å²) in [4.78, 5) is 0. The van der Waals surface area contributed by atoms with E-state index in [2.05, 4.69) is 97.1 Å². The van der Waals surface area contributed by atoms with E-state index in [0.717, 1.165) is 12.8 Å². The molecular weight excluding hydrogens is 288 g/mol. The third-order valence-electron chi connectivity index (χ3n) is 4.46. The van der Waals surface area contributed by atoms with Crippen LogP contribution in [0.25, 0.3) is 10.8 Å². The van der Waals surface area contributed by atoms with Crippen LogP contribution in [0.5, 0.6) is 0 Å². The summed E-state index contributed by atoms with van der Waals surface area (Å²) in [5, 5.41) is 2.62. The van der Waals surface area contributed by atoms with Gasteiger partial charge in [0, 0.05) is 0 Å². The molecule has 0 radical (unpaired) electrons. The molecule has 0 aromatic heterocycles. The summed E-state index contributed by atoms with van der Waals surface area (Å²) in [6.45, 7) is 0. The van der Waals surface area contributed by atoms with Crippen LogP contribution in [0, 0.1) is 0 Å². The van der Waals surface area contributed by atoms with E-state index in [4.69, 9.17) is 0 Å². The van der Waals surface area contributed by atoms with Gasteiger partial charge in [0.25, 0.3) is 0 Å². The van der Waals surface area contributed by atoms with E-state index in [1.54, 1.807) is 0 Å². The van der Waals surface area contributed by atoms with Crippen LogP contribution in [0.4, 0.5) is 0 Å². The first kappa shape index (κ1) is 14.7. The summed E-state index contributed by atoms with van der Waals surface area (Å²) in [7, 11) is 0. The highest BCUT2D eigenvalue weighted by Crippen LogP contribution is 2.19. The maximum atomic E-state index is 2.34. The van der Waals surface area contributed by atoms with Crippen molar-refractivity contribution in [3.8, 4) is 0 Å². The zero-order valence-electron chi connectivity index (χ0n) is 13.7. The van der Waals surface area contributed by atoms with Crippen molar-refractivity contribution in [2.75, 3.05) is 0 Å². The van der Waals surface area contributed by atoms with Crippen LogP contribution in [0.3, 0.4) is 0 Å². The molecule has 0 aliphatic heterocycles. The van der Waals surface area contributed by atoms with Crippen molar-refractivity contribution in [1.29, 1.82) is 0 Å². The van der Waals surface area contributed by atoms with Crippen LogP contribution in [0.2, 0.25) is 0 Å². The van der Waals surface area contributed by atoms with Gasteiger partial charge in [-0.2, -0.15) is 0 Å². The zero-order valence-corrected chi connectivity index (χ0v) is 13.7. The van der Waals surface area contributed by atoms with E-state index < -0.39 is 0 Å². The topological polar surface area (TPSA) is 0 Å². The summed E-state index contributed by atoms with van der Waals surface area (Å²) >= 11 is 0. The molecule has 116 valence electrons. The van der Waals surface area contributed by atoms with Crippen LogP contribution in [0.1, 0.15) is 22.3 Å². The van der Waals surface area contributed by atoms with Gasteiger partial charge >= 0.3 is 0 Å². The van der Waals surface area contributed by atoms with Crippen LogP contribution in [-0.4, -0.2) is 0 Å². The van der Waals surface area contributed by atoms with E-state index >= 15 is 0 Å². The molecule has 24 heavy (non-hydrogen) atoms. The Balaban J connectivity index is 1.56. The monoisotopic (exact) mass is 308 g/mol. The smallest absolute Gasteiger partial charge is 0.00254 e. The highest BCUT2D eigenvalue weighted by molar-refractivity contribution is 5.83.